The van der Waals surface area contributed by atoms with Crippen molar-refractivity contribution in [3.63, 3.8) is 0 Å². The molecule has 0 bridgehead atoms. The fraction of sp³-hybridized carbons (Fsp3) is 0.250. The molecule has 0 saturated heterocycles. The molecule has 100 valence electrons. The third-order valence-electron chi connectivity index (χ3n) is 2.86. The number of aryl methyl sites for hydroxylation is 1. The molecule has 0 amide bonds. The van der Waals surface area contributed by atoms with Gasteiger partial charge in [-0.25, -0.2) is 0 Å². The van der Waals surface area contributed by atoms with Crippen molar-refractivity contribution in [2.75, 3.05) is 11.9 Å². The predicted molar refractivity (Wildman–Crippen MR) is 83.8 cm³/mol. The molecule has 2 aromatic carbocycles. The third-order valence-corrected chi connectivity index (χ3v) is 3.35. The maximum atomic E-state index is 5.64. The van der Waals surface area contributed by atoms with Gasteiger partial charge < -0.3 is 10.1 Å². The van der Waals surface area contributed by atoms with Crippen molar-refractivity contribution >= 4 is 21.6 Å². The number of nitrogens with one attached hydrogen (secondary N) is 1. The second-order valence-corrected chi connectivity index (χ2v) is 5.32. The Bertz CT molecular complexity index is 537. The van der Waals surface area contributed by atoms with Crippen molar-refractivity contribution < 1.29 is 4.74 Å². The van der Waals surface area contributed by atoms with E-state index in [1.807, 2.05) is 19.1 Å². The molecule has 2 nitrogen and oxygen atoms in total. The van der Waals surface area contributed by atoms with Crippen LogP contribution in [0.25, 0.3) is 0 Å². The van der Waals surface area contributed by atoms with Gasteiger partial charge in [-0.05, 0) is 44.2 Å². The van der Waals surface area contributed by atoms with Crippen LogP contribution in [0.2, 0.25) is 0 Å². The van der Waals surface area contributed by atoms with E-state index in [4.69, 9.17) is 4.74 Å². The highest BCUT2D eigenvalue weighted by molar-refractivity contribution is 9.10. The Morgan fingerprint density at radius 3 is 2.53 bits per heavy atom. The predicted octanol–water partition coefficient (Wildman–Crippen LogP) is 4.77. The van der Waals surface area contributed by atoms with Gasteiger partial charge in [0.1, 0.15) is 5.75 Å². The normalized spacial score (nSPS) is 10.3. The summed E-state index contributed by atoms with van der Waals surface area (Å²) in [6, 6.07) is 14.5. The van der Waals surface area contributed by atoms with Crippen LogP contribution in [0.1, 0.15) is 18.1 Å². The van der Waals surface area contributed by atoms with Gasteiger partial charge in [0.2, 0.25) is 0 Å². The Hall–Kier alpha value is -1.48. The molecule has 0 heterocycles. The Kier molecular flexibility index (Phi) is 4.86. The molecule has 0 aliphatic heterocycles. The number of rotatable bonds is 5. The van der Waals surface area contributed by atoms with E-state index in [1.165, 1.54) is 5.56 Å². The number of benzene rings is 2. The summed E-state index contributed by atoms with van der Waals surface area (Å²) in [6.45, 7) is 5.52. The molecule has 2 rings (SSSR count). The van der Waals surface area contributed by atoms with Gasteiger partial charge in [-0.2, -0.15) is 0 Å². The van der Waals surface area contributed by atoms with E-state index >= 15 is 0 Å². The van der Waals surface area contributed by atoms with Gasteiger partial charge in [-0.15, -0.1) is 0 Å². The molecule has 1 N–H and O–H groups in total. The van der Waals surface area contributed by atoms with Crippen LogP contribution in [0.4, 0.5) is 5.69 Å². The average molecular weight is 320 g/mol. The molecule has 0 spiro atoms. The fourth-order valence-electron chi connectivity index (χ4n) is 1.85. The Labute approximate surface area is 122 Å². The third kappa shape index (κ3) is 4.00. The van der Waals surface area contributed by atoms with Crippen LogP contribution in [-0.2, 0) is 6.54 Å². The summed E-state index contributed by atoms with van der Waals surface area (Å²) >= 11 is 3.50. The monoisotopic (exact) mass is 319 g/mol. The molecule has 0 fully saturated rings. The van der Waals surface area contributed by atoms with E-state index in [9.17, 15) is 0 Å². The van der Waals surface area contributed by atoms with Crippen molar-refractivity contribution in [1.82, 2.24) is 0 Å². The maximum absolute atomic E-state index is 5.64. The van der Waals surface area contributed by atoms with Crippen LogP contribution in [0.15, 0.2) is 46.9 Å². The lowest BCUT2D eigenvalue weighted by atomic mass is 10.2. The van der Waals surface area contributed by atoms with Crippen LogP contribution in [0.5, 0.6) is 5.75 Å². The summed E-state index contributed by atoms with van der Waals surface area (Å²) in [5.74, 6) is 0.935. The highest BCUT2D eigenvalue weighted by atomic mass is 79.9. The number of ether oxygens (including phenoxy) is 1. The van der Waals surface area contributed by atoms with Crippen molar-refractivity contribution in [3.8, 4) is 5.75 Å². The molecule has 0 atom stereocenters. The minimum absolute atomic E-state index is 0.680. The standard InChI is InChI=1S/C16H18BrNO/c1-3-19-16-9-6-14(17)10-13(16)11-18-15-7-4-12(2)5-8-15/h4-10,18H,3,11H2,1-2H3. The molecule has 2 aromatic rings. The first-order chi connectivity index (χ1) is 9.19. The fourth-order valence-corrected chi connectivity index (χ4v) is 2.26. The quantitative estimate of drug-likeness (QED) is 0.857. The van der Waals surface area contributed by atoms with Crippen LogP contribution in [0.3, 0.4) is 0 Å². The minimum atomic E-state index is 0.680. The van der Waals surface area contributed by atoms with E-state index in [0.29, 0.717) is 6.61 Å². The Balaban J connectivity index is 2.09. The molecule has 0 unspecified atom stereocenters. The van der Waals surface area contributed by atoms with Gasteiger partial charge in [-0.3, -0.25) is 0 Å². The summed E-state index contributed by atoms with van der Waals surface area (Å²) in [6.07, 6.45) is 0. The van der Waals surface area contributed by atoms with Crippen LogP contribution in [-0.4, -0.2) is 6.61 Å². The molecular weight excluding hydrogens is 302 g/mol. The first-order valence-corrected chi connectivity index (χ1v) is 7.20. The zero-order chi connectivity index (χ0) is 13.7. The zero-order valence-corrected chi connectivity index (χ0v) is 12.8. The van der Waals surface area contributed by atoms with Crippen LogP contribution in [0, 0.1) is 6.92 Å². The summed E-state index contributed by atoms with van der Waals surface area (Å²) < 4.78 is 6.71. The summed E-state index contributed by atoms with van der Waals surface area (Å²) in [5, 5.41) is 3.41. The number of halogens is 1. The molecular formula is C16H18BrNO. The molecule has 0 aliphatic rings. The molecule has 19 heavy (non-hydrogen) atoms. The second kappa shape index (κ2) is 6.62. The summed E-state index contributed by atoms with van der Waals surface area (Å²) in [4.78, 5) is 0. The smallest absolute Gasteiger partial charge is 0.124 e. The van der Waals surface area contributed by atoms with E-state index in [2.05, 4.69) is 58.5 Å². The molecule has 0 radical (unpaired) electrons. The summed E-state index contributed by atoms with van der Waals surface area (Å²) in [7, 11) is 0. The number of hydrogen-bond donors (Lipinski definition) is 1. The average Bonchev–Trinajstić information content (AvgIpc) is 2.41. The van der Waals surface area contributed by atoms with E-state index in [-0.39, 0.29) is 0 Å². The SMILES string of the molecule is CCOc1ccc(Br)cc1CNc1ccc(C)cc1. The Morgan fingerprint density at radius 2 is 1.84 bits per heavy atom. The van der Waals surface area contributed by atoms with Crippen molar-refractivity contribution in [2.45, 2.75) is 20.4 Å². The van der Waals surface area contributed by atoms with Gasteiger partial charge in [0.05, 0.1) is 6.61 Å². The lowest BCUT2D eigenvalue weighted by Crippen LogP contribution is -2.03. The molecule has 0 aromatic heterocycles. The van der Waals surface area contributed by atoms with Crippen molar-refractivity contribution in [1.29, 1.82) is 0 Å². The lowest BCUT2D eigenvalue weighted by molar-refractivity contribution is 0.337. The highest BCUT2D eigenvalue weighted by Gasteiger charge is 2.04. The van der Waals surface area contributed by atoms with Crippen molar-refractivity contribution in [3.05, 3.63) is 58.1 Å². The highest BCUT2D eigenvalue weighted by Crippen LogP contribution is 2.24. The summed E-state index contributed by atoms with van der Waals surface area (Å²) in [5.41, 5.74) is 3.54. The number of hydrogen-bond acceptors (Lipinski definition) is 2. The van der Waals surface area contributed by atoms with Gasteiger partial charge >= 0.3 is 0 Å². The first kappa shape index (κ1) is 13.9. The maximum Gasteiger partial charge on any atom is 0.124 e. The first-order valence-electron chi connectivity index (χ1n) is 6.41. The van der Waals surface area contributed by atoms with Crippen molar-refractivity contribution in [2.24, 2.45) is 0 Å². The number of anilines is 1. The van der Waals surface area contributed by atoms with Crippen LogP contribution >= 0.6 is 15.9 Å². The minimum Gasteiger partial charge on any atom is -0.494 e. The second-order valence-electron chi connectivity index (χ2n) is 4.40. The molecule has 0 saturated carbocycles. The zero-order valence-electron chi connectivity index (χ0n) is 11.2. The van der Waals surface area contributed by atoms with Gasteiger partial charge in [0.15, 0.2) is 0 Å². The van der Waals surface area contributed by atoms with Gasteiger partial charge in [-0.1, -0.05) is 33.6 Å². The van der Waals surface area contributed by atoms with Gasteiger partial charge in [0.25, 0.3) is 0 Å². The van der Waals surface area contributed by atoms with Gasteiger partial charge in [0, 0.05) is 22.3 Å². The topological polar surface area (TPSA) is 21.3 Å². The van der Waals surface area contributed by atoms with E-state index < -0.39 is 0 Å². The van der Waals surface area contributed by atoms with E-state index in [0.717, 1.165) is 28.0 Å². The largest absolute Gasteiger partial charge is 0.494 e. The lowest BCUT2D eigenvalue weighted by Gasteiger charge is -2.12. The Morgan fingerprint density at radius 1 is 1.11 bits per heavy atom. The molecule has 3 heteroatoms. The van der Waals surface area contributed by atoms with Crippen LogP contribution < -0.4 is 10.1 Å². The molecule has 0 aliphatic carbocycles. The van der Waals surface area contributed by atoms with E-state index in [1.54, 1.807) is 0 Å².